The van der Waals surface area contributed by atoms with Gasteiger partial charge in [0.1, 0.15) is 0 Å². The molecular formula is C27H22S. The summed E-state index contributed by atoms with van der Waals surface area (Å²) in [5, 5.41) is 0.434. The van der Waals surface area contributed by atoms with Crippen LogP contribution < -0.4 is 0 Å². The van der Waals surface area contributed by atoms with E-state index in [1.54, 1.807) is 0 Å². The fourth-order valence-electron chi connectivity index (χ4n) is 4.49. The average molecular weight is 379 g/mol. The molecule has 0 unspecified atom stereocenters. The molecule has 4 aromatic carbocycles. The Kier molecular flexibility index (Phi) is 4.54. The Morgan fingerprint density at radius 2 is 0.857 bits per heavy atom. The Bertz CT molecular complexity index is 987. The zero-order valence-electron chi connectivity index (χ0n) is 15.6. The van der Waals surface area contributed by atoms with Gasteiger partial charge in [0.05, 0.1) is 4.75 Å². The van der Waals surface area contributed by atoms with Crippen molar-refractivity contribution in [3.05, 3.63) is 144 Å². The lowest BCUT2D eigenvalue weighted by Crippen LogP contribution is -2.44. The Morgan fingerprint density at radius 3 is 1.32 bits per heavy atom. The Hall–Kier alpha value is -2.77. The number of hydrogen-bond acceptors (Lipinski definition) is 1. The van der Waals surface area contributed by atoms with Crippen molar-refractivity contribution in [3.63, 3.8) is 0 Å². The molecule has 0 N–H and O–H groups in total. The molecule has 0 spiro atoms. The minimum Gasteiger partial charge on any atom is -0.136 e. The van der Waals surface area contributed by atoms with Crippen molar-refractivity contribution >= 4 is 11.8 Å². The highest BCUT2D eigenvalue weighted by molar-refractivity contribution is 8.02. The van der Waals surface area contributed by atoms with E-state index in [1.165, 1.54) is 22.3 Å². The molecule has 0 aliphatic carbocycles. The van der Waals surface area contributed by atoms with Crippen LogP contribution in [-0.4, -0.2) is 0 Å². The van der Waals surface area contributed by atoms with Gasteiger partial charge in [-0.25, -0.2) is 0 Å². The van der Waals surface area contributed by atoms with Gasteiger partial charge >= 0.3 is 0 Å². The van der Waals surface area contributed by atoms with Gasteiger partial charge in [0.25, 0.3) is 0 Å². The third-order valence-corrected chi connectivity index (χ3v) is 7.64. The third-order valence-electron chi connectivity index (χ3n) is 5.75. The fourth-order valence-corrected chi connectivity index (χ4v) is 6.42. The summed E-state index contributed by atoms with van der Waals surface area (Å²) in [5.74, 6) is 0.380. The molecule has 2 atom stereocenters. The molecule has 1 aliphatic heterocycles. The molecule has 5 rings (SSSR count). The summed E-state index contributed by atoms with van der Waals surface area (Å²) in [6, 6.07) is 44.0. The Labute approximate surface area is 171 Å². The highest BCUT2D eigenvalue weighted by atomic mass is 32.2. The van der Waals surface area contributed by atoms with E-state index in [4.69, 9.17) is 0 Å². The van der Waals surface area contributed by atoms with E-state index in [2.05, 4.69) is 133 Å². The molecule has 1 heteroatoms. The van der Waals surface area contributed by atoms with Crippen LogP contribution in [0.3, 0.4) is 0 Å². The normalized spacial score (nSPS) is 20.3. The van der Waals surface area contributed by atoms with Crippen molar-refractivity contribution in [2.75, 3.05) is 0 Å². The van der Waals surface area contributed by atoms with Gasteiger partial charge in [0, 0.05) is 11.2 Å². The summed E-state index contributed by atoms with van der Waals surface area (Å²) in [7, 11) is 0. The highest BCUT2D eigenvalue weighted by Crippen LogP contribution is 2.72. The molecule has 1 aliphatic rings. The third kappa shape index (κ3) is 2.78. The van der Waals surface area contributed by atoms with Gasteiger partial charge in [-0.1, -0.05) is 121 Å². The maximum absolute atomic E-state index is 2.29. The lowest BCUT2D eigenvalue weighted by atomic mass is 9.72. The molecule has 136 valence electrons. The summed E-state index contributed by atoms with van der Waals surface area (Å²) < 4.78 is -0.0790. The van der Waals surface area contributed by atoms with E-state index in [-0.39, 0.29) is 4.75 Å². The monoisotopic (exact) mass is 378 g/mol. The summed E-state index contributed by atoms with van der Waals surface area (Å²) in [6.07, 6.45) is 0. The van der Waals surface area contributed by atoms with E-state index in [0.29, 0.717) is 11.2 Å². The summed E-state index contributed by atoms with van der Waals surface area (Å²) in [5.41, 5.74) is 5.58. The Balaban J connectivity index is 1.72. The van der Waals surface area contributed by atoms with Gasteiger partial charge in [0.2, 0.25) is 0 Å². The molecule has 0 radical (unpaired) electrons. The smallest absolute Gasteiger partial charge is 0.0745 e. The van der Waals surface area contributed by atoms with Crippen LogP contribution in [-0.2, 0) is 4.75 Å². The molecule has 28 heavy (non-hydrogen) atoms. The second-order valence-electron chi connectivity index (χ2n) is 7.31. The quantitative estimate of drug-likeness (QED) is 0.362. The molecule has 1 fully saturated rings. The average Bonchev–Trinajstić information content (AvgIpc) is 2.76. The first kappa shape index (κ1) is 17.3. The fraction of sp³-hybridized carbons (Fsp3) is 0.111. The minimum atomic E-state index is -0.0790. The van der Waals surface area contributed by atoms with Crippen molar-refractivity contribution in [3.8, 4) is 0 Å². The first-order valence-electron chi connectivity index (χ1n) is 9.78. The van der Waals surface area contributed by atoms with E-state index >= 15 is 0 Å². The van der Waals surface area contributed by atoms with Gasteiger partial charge in [-0.3, -0.25) is 0 Å². The highest BCUT2D eigenvalue weighted by Gasteiger charge is 2.57. The van der Waals surface area contributed by atoms with E-state index in [0.717, 1.165) is 0 Å². The summed E-state index contributed by atoms with van der Waals surface area (Å²) >= 11 is 2.08. The molecule has 0 saturated carbocycles. The topological polar surface area (TPSA) is 0 Å². The van der Waals surface area contributed by atoms with Gasteiger partial charge < -0.3 is 0 Å². The molecule has 0 nitrogen and oxygen atoms in total. The van der Waals surface area contributed by atoms with Crippen LogP contribution in [0.25, 0.3) is 0 Å². The van der Waals surface area contributed by atoms with Gasteiger partial charge in [-0.05, 0) is 22.3 Å². The standard InChI is InChI=1S/C27H22S/c1-5-13-21(14-6-1)25-26(22-15-7-2-8-16-22)28-27(25,23-17-9-3-10-18-23)24-19-11-4-12-20-24/h1-20,25-26H/t25-,26-/m1/s1. The largest absolute Gasteiger partial charge is 0.136 e. The lowest BCUT2D eigenvalue weighted by molar-refractivity contribution is 0.491. The summed E-state index contributed by atoms with van der Waals surface area (Å²) in [4.78, 5) is 0. The molecule has 1 heterocycles. The zero-order valence-corrected chi connectivity index (χ0v) is 16.4. The van der Waals surface area contributed by atoms with Crippen LogP contribution in [0.15, 0.2) is 121 Å². The lowest BCUT2D eigenvalue weighted by Gasteiger charge is -2.56. The first-order valence-corrected chi connectivity index (χ1v) is 10.7. The number of thioether (sulfide) groups is 1. The van der Waals surface area contributed by atoms with Crippen LogP contribution in [0.1, 0.15) is 33.4 Å². The number of benzene rings is 4. The SMILES string of the molecule is c1ccc([C@H]2SC(c3ccccc3)(c3ccccc3)[C@@H]2c2ccccc2)cc1. The second kappa shape index (κ2) is 7.33. The van der Waals surface area contributed by atoms with Gasteiger partial charge in [-0.15, -0.1) is 11.8 Å². The minimum absolute atomic E-state index is 0.0790. The van der Waals surface area contributed by atoms with Crippen molar-refractivity contribution in [1.29, 1.82) is 0 Å². The van der Waals surface area contributed by atoms with E-state index < -0.39 is 0 Å². The van der Waals surface area contributed by atoms with Crippen LogP contribution in [0, 0.1) is 0 Å². The molecular weight excluding hydrogens is 356 g/mol. The molecule has 0 amide bonds. The Morgan fingerprint density at radius 1 is 0.464 bits per heavy atom. The van der Waals surface area contributed by atoms with Gasteiger partial charge in [-0.2, -0.15) is 0 Å². The number of hydrogen-bond donors (Lipinski definition) is 0. The van der Waals surface area contributed by atoms with Crippen molar-refractivity contribution in [1.82, 2.24) is 0 Å². The molecule has 4 aromatic rings. The predicted molar refractivity (Wildman–Crippen MR) is 120 cm³/mol. The van der Waals surface area contributed by atoms with Crippen molar-refractivity contribution in [2.24, 2.45) is 0 Å². The first-order chi connectivity index (χ1) is 13.9. The summed E-state index contributed by atoms with van der Waals surface area (Å²) in [6.45, 7) is 0. The van der Waals surface area contributed by atoms with Crippen LogP contribution in [0.4, 0.5) is 0 Å². The van der Waals surface area contributed by atoms with E-state index in [1.807, 2.05) is 0 Å². The predicted octanol–water partition coefficient (Wildman–Crippen LogP) is 7.20. The second-order valence-corrected chi connectivity index (χ2v) is 8.69. The van der Waals surface area contributed by atoms with Crippen molar-refractivity contribution in [2.45, 2.75) is 15.9 Å². The number of rotatable bonds is 4. The molecule has 0 bridgehead atoms. The van der Waals surface area contributed by atoms with Crippen LogP contribution in [0.2, 0.25) is 0 Å². The van der Waals surface area contributed by atoms with Crippen LogP contribution in [0.5, 0.6) is 0 Å². The maximum Gasteiger partial charge on any atom is 0.0745 e. The van der Waals surface area contributed by atoms with Gasteiger partial charge in [0.15, 0.2) is 0 Å². The van der Waals surface area contributed by atoms with Crippen LogP contribution >= 0.6 is 11.8 Å². The van der Waals surface area contributed by atoms with E-state index in [9.17, 15) is 0 Å². The molecule has 1 saturated heterocycles. The maximum atomic E-state index is 2.29. The zero-order chi connectivity index (χ0) is 18.8. The van der Waals surface area contributed by atoms with Crippen molar-refractivity contribution < 1.29 is 0 Å². The molecule has 0 aromatic heterocycles.